The van der Waals surface area contributed by atoms with Crippen LogP contribution in [0.5, 0.6) is 11.5 Å². The van der Waals surface area contributed by atoms with Crippen molar-refractivity contribution in [3.05, 3.63) is 97.9 Å². The van der Waals surface area contributed by atoms with Gasteiger partial charge in [-0.1, -0.05) is 53.0 Å². The number of halogens is 4. The predicted molar refractivity (Wildman–Crippen MR) is 137 cm³/mol. The molecule has 1 aliphatic heterocycles. The van der Waals surface area contributed by atoms with Crippen LogP contribution in [0.15, 0.2) is 60.3 Å². The van der Waals surface area contributed by atoms with Crippen LogP contribution in [0.2, 0.25) is 15.1 Å². The van der Waals surface area contributed by atoms with Gasteiger partial charge in [0.1, 0.15) is 18.1 Å². The second-order valence-corrected chi connectivity index (χ2v) is 9.04. The topological polar surface area (TPSA) is 67.9 Å². The molecule has 0 radical (unpaired) electrons. The molecule has 3 aromatic rings. The Morgan fingerprint density at radius 3 is 2.42 bits per heavy atom. The minimum Gasteiger partial charge on any atom is -0.490 e. The average Bonchev–Trinajstić information content (AvgIpc) is 3.08. The highest BCUT2D eigenvalue weighted by Crippen LogP contribution is 2.38. The van der Waals surface area contributed by atoms with Gasteiger partial charge in [0.25, 0.3) is 5.91 Å². The first-order chi connectivity index (χ1) is 17.2. The number of nitrogens with one attached hydrogen (secondary N) is 1. The van der Waals surface area contributed by atoms with Crippen molar-refractivity contribution in [2.45, 2.75) is 20.1 Å². The van der Waals surface area contributed by atoms with Gasteiger partial charge in [0, 0.05) is 15.6 Å². The summed E-state index contributed by atoms with van der Waals surface area (Å²) in [7, 11) is 0. The van der Waals surface area contributed by atoms with Gasteiger partial charge in [0.05, 0.1) is 18.2 Å². The van der Waals surface area contributed by atoms with Gasteiger partial charge in [-0.25, -0.2) is 9.18 Å². The van der Waals surface area contributed by atoms with E-state index in [0.29, 0.717) is 44.8 Å². The lowest BCUT2D eigenvalue weighted by molar-refractivity contribution is -0.123. The first kappa shape index (κ1) is 25.8. The van der Waals surface area contributed by atoms with Crippen molar-refractivity contribution < 1.29 is 23.5 Å². The van der Waals surface area contributed by atoms with E-state index >= 15 is 0 Å². The van der Waals surface area contributed by atoms with Gasteiger partial charge in [0.15, 0.2) is 11.5 Å². The van der Waals surface area contributed by atoms with Crippen molar-refractivity contribution in [2.24, 2.45) is 0 Å². The van der Waals surface area contributed by atoms with E-state index in [9.17, 15) is 14.0 Å². The molecule has 6 nitrogen and oxygen atoms in total. The number of ether oxygens (including phenoxy) is 2. The zero-order valence-electron chi connectivity index (χ0n) is 19.0. The van der Waals surface area contributed by atoms with E-state index in [1.54, 1.807) is 30.3 Å². The first-order valence-corrected chi connectivity index (χ1v) is 12.0. The number of rotatable bonds is 8. The standard InChI is InChI=1S/C26H20Cl3FN2O4/c1-2-35-23-11-16(9-21(29)24(23)36-14-17-5-6-18(27)12-20(17)28)10-22-25(33)32(26(34)31-22)13-15-3-7-19(30)8-4-15/h3-12H,2,13-14H2,1H3,(H,31,34)/b22-10+. The molecule has 0 aliphatic carbocycles. The molecular weight excluding hydrogens is 530 g/mol. The summed E-state index contributed by atoms with van der Waals surface area (Å²) in [5, 5.41) is 3.78. The van der Waals surface area contributed by atoms with Crippen LogP contribution in [0.25, 0.3) is 6.08 Å². The van der Waals surface area contributed by atoms with E-state index in [1.165, 1.54) is 30.3 Å². The quantitative estimate of drug-likeness (QED) is 0.246. The Morgan fingerprint density at radius 2 is 1.72 bits per heavy atom. The molecule has 0 unspecified atom stereocenters. The third kappa shape index (κ3) is 5.93. The number of imide groups is 1. The monoisotopic (exact) mass is 548 g/mol. The molecule has 0 aromatic heterocycles. The SMILES string of the molecule is CCOc1cc(/C=C2/NC(=O)N(Cc3ccc(F)cc3)C2=O)cc(Cl)c1OCc1ccc(Cl)cc1Cl. The summed E-state index contributed by atoms with van der Waals surface area (Å²) in [6.07, 6.45) is 1.50. The summed E-state index contributed by atoms with van der Waals surface area (Å²) in [5.74, 6) is -0.244. The number of nitrogens with zero attached hydrogens (tertiary/aromatic N) is 1. The van der Waals surface area contributed by atoms with Crippen LogP contribution in [-0.2, 0) is 17.9 Å². The third-order valence-electron chi connectivity index (χ3n) is 5.25. The Morgan fingerprint density at radius 1 is 0.972 bits per heavy atom. The molecule has 0 spiro atoms. The predicted octanol–water partition coefficient (Wildman–Crippen LogP) is 6.86. The fraction of sp³-hybridized carbons (Fsp3) is 0.154. The molecular formula is C26H20Cl3FN2O4. The zero-order chi connectivity index (χ0) is 25.8. The van der Waals surface area contributed by atoms with Gasteiger partial charge in [-0.05, 0) is 60.5 Å². The van der Waals surface area contributed by atoms with Crippen molar-refractivity contribution in [1.29, 1.82) is 0 Å². The van der Waals surface area contributed by atoms with Gasteiger partial charge in [-0.2, -0.15) is 0 Å². The molecule has 1 fully saturated rings. The van der Waals surface area contributed by atoms with Gasteiger partial charge in [-0.3, -0.25) is 9.69 Å². The second-order valence-electron chi connectivity index (χ2n) is 7.79. The molecule has 36 heavy (non-hydrogen) atoms. The number of carbonyl (C=O) groups excluding carboxylic acids is 2. The molecule has 4 rings (SSSR count). The molecule has 1 saturated heterocycles. The molecule has 186 valence electrons. The van der Waals surface area contributed by atoms with Crippen LogP contribution in [0.4, 0.5) is 9.18 Å². The molecule has 0 atom stereocenters. The molecule has 3 amide bonds. The smallest absolute Gasteiger partial charge is 0.329 e. The summed E-state index contributed by atoms with van der Waals surface area (Å²) < 4.78 is 24.8. The molecule has 3 aromatic carbocycles. The van der Waals surface area contributed by atoms with E-state index in [4.69, 9.17) is 44.3 Å². The Bertz CT molecular complexity index is 1350. The number of amides is 3. The summed E-state index contributed by atoms with van der Waals surface area (Å²) in [6, 6.07) is 13.3. The van der Waals surface area contributed by atoms with E-state index in [0.717, 1.165) is 4.90 Å². The summed E-state index contributed by atoms with van der Waals surface area (Å²) in [5.41, 5.74) is 1.92. The lowest BCUT2D eigenvalue weighted by Crippen LogP contribution is -2.30. The number of hydrogen-bond acceptors (Lipinski definition) is 4. The first-order valence-electron chi connectivity index (χ1n) is 10.9. The van der Waals surface area contributed by atoms with E-state index in [1.807, 2.05) is 6.92 Å². The Balaban J connectivity index is 1.55. The zero-order valence-corrected chi connectivity index (χ0v) is 21.3. The lowest BCUT2D eigenvalue weighted by atomic mass is 10.1. The van der Waals surface area contributed by atoms with Crippen LogP contribution in [0.1, 0.15) is 23.6 Å². The number of urea groups is 1. The van der Waals surface area contributed by atoms with Crippen molar-refractivity contribution in [2.75, 3.05) is 6.61 Å². The molecule has 0 bridgehead atoms. The molecule has 1 aliphatic rings. The molecule has 1 heterocycles. The maximum absolute atomic E-state index is 13.2. The van der Waals surface area contributed by atoms with Crippen molar-refractivity contribution in [3.63, 3.8) is 0 Å². The maximum atomic E-state index is 13.2. The van der Waals surface area contributed by atoms with Gasteiger partial charge >= 0.3 is 6.03 Å². The van der Waals surface area contributed by atoms with Crippen LogP contribution in [-0.4, -0.2) is 23.4 Å². The highest BCUT2D eigenvalue weighted by Gasteiger charge is 2.33. The third-order valence-corrected chi connectivity index (χ3v) is 6.11. The summed E-state index contributed by atoms with van der Waals surface area (Å²) >= 11 is 18.7. The van der Waals surface area contributed by atoms with E-state index < -0.39 is 17.8 Å². The van der Waals surface area contributed by atoms with Crippen molar-refractivity contribution >= 4 is 52.8 Å². The fourth-order valence-corrected chi connectivity index (χ4v) is 4.25. The van der Waals surface area contributed by atoms with Gasteiger partial charge in [-0.15, -0.1) is 0 Å². The summed E-state index contributed by atoms with van der Waals surface area (Å²) in [4.78, 5) is 26.3. The van der Waals surface area contributed by atoms with Gasteiger partial charge < -0.3 is 14.8 Å². The number of carbonyl (C=O) groups is 2. The normalized spacial score (nSPS) is 14.4. The second kappa shape index (κ2) is 11.2. The molecule has 1 N–H and O–H groups in total. The maximum Gasteiger partial charge on any atom is 0.329 e. The van der Waals surface area contributed by atoms with Crippen molar-refractivity contribution in [3.8, 4) is 11.5 Å². The largest absolute Gasteiger partial charge is 0.490 e. The summed E-state index contributed by atoms with van der Waals surface area (Å²) in [6.45, 7) is 2.29. The highest BCUT2D eigenvalue weighted by atomic mass is 35.5. The van der Waals surface area contributed by atoms with Crippen LogP contribution in [0.3, 0.4) is 0 Å². The Hall–Kier alpha value is -3.26. The van der Waals surface area contributed by atoms with E-state index in [-0.39, 0.29) is 23.9 Å². The number of hydrogen-bond donors (Lipinski definition) is 1. The minimum absolute atomic E-state index is 0.00722. The van der Waals surface area contributed by atoms with Crippen LogP contribution in [0, 0.1) is 5.82 Å². The fourth-order valence-electron chi connectivity index (χ4n) is 3.52. The lowest BCUT2D eigenvalue weighted by Gasteiger charge is -2.15. The van der Waals surface area contributed by atoms with E-state index in [2.05, 4.69) is 5.32 Å². The van der Waals surface area contributed by atoms with Crippen LogP contribution < -0.4 is 14.8 Å². The van der Waals surface area contributed by atoms with Gasteiger partial charge in [0.2, 0.25) is 0 Å². The van der Waals surface area contributed by atoms with Crippen LogP contribution >= 0.6 is 34.8 Å². The average molecular weight is 550 g/mol. The number of benzene rings is 3. The molecule has 10 heteroatoms. The Kier molecular flexibility index (Phi) is 8.04. The highest BCUT2D eigenvalue weighted by molar-refractivity contribution is 6.35. The van der Waals surface area contributed by atoms with Crippen molar-refractivity contribution in [1.82, 2.24) is 10.2 Å². The Labute approximate surface area is 222 Å². The minimum atomic E-state index is -0.577. The molecule has 0 saturated carbocycles.